The number of hydrogen-bond acceptors (Lipinski definition) is 3. The highest BCUT2D eigenvalue weighted by Crippen LogP contribution is 2.21. The topological polar surface area (TPSA) is 33.1 Å². The molecule has 1 aliphatic rings. The first-order valence-corrected chi connectivity index (χ1v) is 7.63. The van der Waals surface area contributed by atoms with Crippen molar-refractivity contribution in [3.63, 3.8) is 0 Å². The monoisotopic (exact) mass is 264 g/mol. The lowest BCUT2D eigenvalue weighted by molar-refractivity contribution is 0.245. The molecule has 0 bridgehead atoms. The molecule has 2 rings (SSSR count). The van der Waals surface area contributed by atoms with E-state index in [1.807, 2.05) is 11.7 Å². The molecule has 4 heteroatoms. The summed E-state index contributed by atoms with van der Waals surface area (Å²) in [7, 11) is 4.29. The van der Waals surface area contributed by atoms with Crippen molar-refractivity contribution in [2.45, 2.75) is 51.6 Å². The summed E-state index contributed by atoms with van der Waals surface area (Å²) in [6.07, 6.45) is 6.61. The Labute approximate surface area is 117 Å². The first kappa shape index (κ1) is 14.5. The number of nitrogens with one attached hydrogen (secondary N) is 1. The van der Waals surface area contributed by atoms with Crippen molar-refractivity contribution in [2.75, 3.05) is 20.1 Å². The van der Waals surface area contributed by atoms with Gasteiger partial charge < -0.3 is 10.2 Å². The maximum atomic E-state index is 4.47. The van der Waals surface area contributed by atoms with Gasteiger partial charge in [0.05, 0.1) is 11.4 Å². The number of rotatable bonds is 7. The summed E-state index contributed by atoms with van der Waals surface area (Å²) in [6, 6.07) is 3.03. The maximum absolute atomic E-state index is 4.47. The van der Waals surface area contributed by atoms with E-state index >= 15 is 0 Å². The summed E-state index contributed by atoms with van der Waals surface area (Å²) >= 11 is 0. The van der Waals surface area contributed by atoms with E-state index in [1.165, 1.54) is 37.1 Å². The first-order chi connectivity index (χ1) is 9.20. The smallest absolute Gasteiger partial charge is 0.0625 e. The van der Waals surface area contributed by atoms with Gasteiger partial charge in [0.2, 0.25) is 0 Å². The molecule has 108 valence electrons. The summed E-state index contributed by atoms with van der Waals surface area (Å²) in [5.74, 6) is 0. The Morgan fingerprint density at radius 3 is 2.79 bits per heavy atom. The van der Waals surface area contributed by atoms with Crippen LogP contribution in [0.3, 0.4) is 0 Å². The zero-order valence-corrected chi connectivity index (χ0v) is 12.7. The maximum Gasteiger partial charge on any atom is 0.0625 e. The summed E-state index contributed by atoms with van der Waals surface area (Å²) in [6.45, 7) is 5.26. The Bertz CT molecular complexity index is 379. The molecule has 1 aromatic rings. The van der Waals surface area contributed by atoms with Crippen LogP contribution in [0.4, 0.5) is 0 Å². The van der Waals surface area contributed by atoms with E-state index in [-0.39, 0.29) is 0 Å². The van der Waals surface area contributed by atoms with Crippen molar-refractivity contribution in [3.05, 3.63) is 17.5 Å². The summed E-state index contributed by atoms with van der Waals surface area (Å²) in [5, 5.41) is 8.00. The highest BCUT2D eigenvalue weighted by molar-refractivity contribution is 5.09. The largest absolute Gasteiger partial charge is 0.310 e. The Hall–Kier alpha value is -0.870. The van der Waals surface area contributed by atoms with Gasteiger partial charge in [0, 0.05) is 32.7 Å². The molecule has 4 nitrogen and oxygen atoms in total. The number of aryl methyl sites for hydroxylation is 2. The second-order valence-corrected chi connectivity index (χ2v) is 5.70. The van der Waals surface area contributed by atoms with Crippen LogP contribution in [0.15, 0.2) is 6.07 Å². The lowest BCUT2D eigenvalue weighted by Gasteiger charge is -2.23. The van der Waals surface area contributed by atoms with Crippen molar-refractivity contribution < 1.29 is 0 Å². The van der Waals surface area contributed by atoms with Crippen molar-refractivity contribution in [2.24, 2.45) is 7.05 Å². The fourth-order valence-electron chi connectivity index (χ4n) is 2.91. The number of hydrogen-bond donors (Lipinski definition) is 1. The third kappa shape index (κ3) is 4.05. The molecule has 1 fully saturated rings. The average molecular weight is 264 g/mol. The van der Waals surface area contributed by atoms with Gasteiger partial charge in [-0.1, -0.05) is 19.8 Å². The van der Waals surface area contributed by atoms with Crippen LogP contribution in [0.25, 0.3) is 0 Å². The van der Waals surface area contributed by atoms with E-state index in [1.54, 1.807) is 0 Å². The summed E-state index contributed by atoms with van der Waals surface area (Å²) in [5.41, 5.74) is 2.46. The molecule has 1 aromatic heterocycles. The van der Waals surface area contributed by atoms with Gasteiger partial charge in [0.25, 0.3) is 0 Å². The van der Waals surface area contributed by atoms with E-state index in [4.69, 9.17) is 0 Å². The van der Waals surface area contributed by atoms with Crippen LogP contribution >= 0.6 is 0 Å². The van der Waals surface area contributed by atoms with Crippen molar-refractivity contribution >= 4 is 0 Å². The quantitative estimate of drug-likeness (QED) is 0.764. The van der Waals surface area contributed by atoms with Gasteiger partial charge >= 0.3 is 0 Å². The molecule has 0 spiro atoms. The standard InChI is InChI=1S/C15H28N4/c1-4-13-11-15(19(3)17-13)12-16-9-10-18(2)14-7-5-6-8-14/h11,14,16H,4-10,12H2,1-3H3. The minimum atomic E-state index is 0.824. The summed E-state index contributed by atoms with van der Waals surface area (Å²) in [4.78, 5) is 2.51. The predicted octanol–water partition coefficient (Wildman–Crippen LogP) is 1.95. The Kier molecular flexibility index (Phi) is 5.40. The Morgan fingerprint density at radius 2 is 2.16 bits per heavy atom. The molecule has 0 amide bonds. The van der Waals surface area contributed by atoms with Gasteiger partial charge in [-0.25, -0.2) is 0 Å². The average Bonchev–Trinajstić information content (AvgIpc) is 3.04. The highest BCUT2D eigenvalue weighted by atomic mass is 15.3. The van der Waals surface area contributed by atoms with Crippen LogP contribution in [-0.2, 0) is 20.0 Å². The fourth-order valence-corrected chi connectivity index (χ4v) is 2.91. The number of nitrogens with zero attached hydrogens (tertiary/aromatic N) is 3. The molecular formula is C15H28N4. The zero-order chi connectivity index (χ0) is 13.7. The normalized spacial score (nSPS) is 16.6. The second kappa shape index (κ2) is 7.06. The molecule has 0 atom stereocenters. The Balaban J connectivity index is 1.67. The van der Waals surface area contributed by atoms with Gasteiger partial charge in [-0.3, -0.25) is 4.68 Å². The number of likely N-dealkylation sites (N-methyl/N-ethyl adjacent to an activating group) is 1. The highest BCUT2D eigenvalue weighted by Gasteiger charge is 2.18. The Morgan fingerprint density at radius 1 is 1.42 bits per heavy atom. The van der Waals surface area contributed by atoms with E-state index in [0.717, 1.165) is 32.1 Å². The van der Waals surface area contributed by atoms with E-state index in [9.17, 15) is 0 Å². The fraction of sp³-hybridized carbons (Fsp3) is 0.800. The summed E-state index contributed by atoms with van der Waals surface area (Å²) < 4.78 is 1.99. The van der Waals surface area contributed by atoms with E-state index in [2.05, 4.69) is 35.4 Å². The molecule has 1 N–H and O–H groups in total. The van der Waals surface area contributed by atoms with Crippen LogP contribution in [0.2, 0.25) is 0 Å². The first-order valence-electron chi connectivity index (χ1n) is 7.63. The minimum absolute atomic E-state index is 0.824. The molecule has 1 saturated carbocycles. The minimum Gasteiger partial charge on any atom is -0.310 e. The van der Waals surface area contributed by atoms with Crippen LogP contribution in [-0.4, -0.2) is 40.9 Å². The van der Waals surface area contributed by atoms with E-state index < -0.39 is 0 Å². The van der Waals surface area contributed by atoms with Gasteiger partial charge in [-0.05, 0) is 32.4 Å². The van der Waals surface area contributed by atoms with Crippen LogP contribution in [0.5, 0.6) is 0 Å². The SMILES string of the molecule is CCc1cc(CNCCN(C)C2CCCC2)n(C)n1. The predicted molar refractivity (Wildman–Crippen MR) is 79.2 cm³/mol. The van der Waals surface area contributed by atoms with Crippen LogP contribution < -0.4 is 5.32 Å². The molecule has 0 aliphatic heterocycles. The van der Waals surface area contributed by atoms with Gasteiger partial charge in [0.15, 0.2) is 0 Å². The third-order valence-electron chi connectivity index (χ3n) is 4.29. The molecule has 0 unspecified atom stereocenters. The molecule has 0 radical (unpaired) electrons. The second-order valence-electron chi connectivity index (χ2n) is 5.70. The number of aromatic nitrogens is 2. The molecular weight excluding hydrogens is 236 g/mol. The van der Waals surface area contributed by atoms with Crippen molar-refractivity contribution in [3.8, 4) is 0 Å². The van der Waals surface area contributed by atoms with Crippen molar-refractivity contribution in [1.29, 1.82) is 0 Å². The zero-order valence-electron chi connectivity index (χ0n) is 12.7. The van der Waals surface area contributed by atoms with Crippen LogP contribution in [0, 0.1) is 0 Å². The van der Waals surface area contributed by atoms with Gasteiger partial charge in [-0.2, -0.15) is 5.10 Å². The van der Waals surface area contributed by atoms with Crippen molar-refractivity contribution in [1.82, 2.24) is 20.0 Å². The third-order valence-corrected chi connectivity index (χ3v) is 4.29. The molecule has 0 saturated heterocycles. The molecule has 1 heterocycles. The lowest BCUT2D eigenvalue weighted by Crippen LogP contribution is -2.35. The lowest BCUT2D eigenvalue weighted by atomic mass is 10.2. The molecule has 0 aromatic carbocycles. The molecule has 19 heavy (non-hydrogen) atoms. The van der Waals surface area contributed by atoms with E-state index in [0.29, 0.717) is 0 Å². The van der Waals surface area contributed by atoms with Gasteiger partial charge in [0.1, 0.15) is 0 Å². The van der Waals surface area contributed by atoms with Gasteiger partial charge in [-0.15, -0.1) is 0 Å². The van der Waals surface area contributed by atoms with Crippen LogP contribution in [0.1, 0.15) is 44.0 Å². The molecule has 1 aliphatic carbocycles.